The van der Waals surface area contributed by atoms with Crippen LogP contribution in [-0.2, 0) is 14.6 Å². The van der Waals surface area contributed by atoms with Crippen LogP contribution in [0.15, 0.2) is 64.8 Å². The van der Waals surface area contributed by atoms with Crippen molar-refractivity contribution in [3.63, 3.8) is 0 Å². The van der Waals surface area contributed by atoms with E-state index in [2.05, 4.69) is 16.5 Å². The maximum atomic E-state index is 15.8. The van der Waals surface area contributed by atoms with Gasteiger partial charge in [0.2, 0.25) is 5.91 Å². The molecule has 1 amide bonds. The summed E-state index contributed by atoms with van der Waals surface area (Å²) < 4.78 is 57.1. The first kappa shape index (κ1) is 29.6. The van der Waals surface area contributed by atoms with Gasteiger partial charge in [-0.2, -0.15) is 4.98 Å². The van der Waals surface area contributed by atoms with Gasteiger partial charge in [0, 0.05) is 31.9 Å². The minimum Gasteiger partial charge on any atom is -0.350 e. The number of nitrogens with zero attached hydrogens (tertiary/aromatic N) is 5. The van der Waals surface area contributed by atoms with E-state index in [0.717, 1.165) is 23.0 Å². The first-order chi connectivity index (χ1) is 19.8. The molecule has 1 aliphatic heterocycles. The van der Waals surface area contributed by atoms with Crippen LogP contribution >= 0.6 is 23.2 Å². The molecule has 0 unspecified atom stereocenters. The number of aromatic nitrogens is 3. The lowest BCUT2D eigenvalue weighted by Crippen LogP contribution is -2.54. The van der Waals surface area contributed by atoms with Crippen molar-refractivity contribution in [2.24, 2.45) is 0 Å². The molecule has 0 N–H and O–H groups in total. The maximum absolute atomic E-state index is 15.8. The first-order valence-electron chi connectivity index (χ1n) is 12.6. The predicted octanol–water partition coefficient (Wildman–Crippen LogP) is 4.66. The zero-order valence-electron chi connectivity index (χ0n) is 22.3. The normalized spacial score (nSPS) is 15.7. The Morgan fingerprint density at radius 1 is 1.07 bits per heavy atom. The highest BCUT2D eigenvalue weighted by molar-refractivity contribution is 7.90. The second-order valence-corrected chi connectivity index (χ2v) is 12.5. The molecule has 1 fully saturated rings. The number of amides is 1. The van der Waals surface area contributed by atoms with Crippen molar-refractivity contribution < 1.29 is 22.0 Å². The number of carbonyl (C=O) groups excluding carboxylic acids is 1. The summed E-state index contributed by atoms with van der Waals surface area (Å²) >= 11 is 12.7. The van der Waals surface area contributed by atoms with E-state index in [0.29, 0.717) is 0 Å². The summed E-state index contributed by atoms with van der Waals surface area (Å²) in [7, 11) is -3.94. The highest BCUT2D eigenvalue weighted by Gasteiger charge is 2.31. The van der Waals surface area contributed by atoms with Crippen LogP contribution in [0.1, 0.15) is 6.92 Å². The molecule has 5 rings (SSSR count). The molecule has 2 aromatic heterocycles. The number of pyridine rings is 1. The zero-order chi connectivity index (χ0) is 30.5. The maximum Gasteiger partial charge on any atom is 0.355 e. The highest BCUT2D eigenvalue weighted by Crippen LogP contribution is 2.37. The molecule has 0 bridgehead atoms. The summed E-state index contributed by atoms with van der Waals surface area (Å²) in [5, 5.41) is -0.217. The Morgan fingerprint density at radius 2 is 1.76 bits per heavy atom. The van der Waals surface area contributed by atoms with Crippen molar-refractivity contribution in [1.29, 1.82) is 0 Å². The fraction of sp³-hybridized carbons (Fsp3) is 0.214. The molecule has 0 aliphatic carbocycles. The third-order valence-electron chi connectivity index (χ3n) is 6.96. The zero-order valence-corrected chi connectivity index (χ0v) is 24.6. The molecule has 1 atom stereocenters. The van der Waals surface area contributed by atoms with Gasteiger partial charge in [0.1, 0.15) is 17.3 Å². The Bertz CT molecular complexity index is 1930. The molecule has 42 heavy (non-hydrogen) atoms. The van der Waals surface area contributed by atoms with E-state index < -0.39 is 32.9 Å². The molecular formula is C28H23Cl2F2N5O4S. The summed E-state index contributed by atoms with van der Waals surface area (Å²) in [6.07, 6.45) is 2.15. The van der Waals surface area contributed by atoms with Crippen molar-refractivity contribution in [2.75, 3.05) is 30.8 Å². The van der Waals surface area contributed by atoms with Crippen LogP contribution in [-0.4, -0.2) is 65.7 Å². The number of hydrogen-bond acceptors (Lipinski definition) is 7. The van der Waals surface area contributed by atoms with Gasteiger partial charge in [0.05, 0.1) is 31.6 Å². The van der Waals surface area contributed by atoms with Gasteiger partial charge in [-0.05, 0) is 43.3 Å². The van der Waals surface area contributed by atoms with E-state index in [1.165, 1.54) is 36.4 Å². The number of anilines is 1. The second-order valence-electron chi connectivity index (χ2n) is 9.73. The average Bonchev–Trinajstić information content (AvgIpc) is 2.92. The number of hydrogen-bond donors (Lipinski definition) is 0. The number of para-hydroxylation sites is 1. The molecule has 2 aromatic carbocycles. The summed E-state index contributed by atoms with van der Waals surface area (Å²) in [4.78, 5) is 37.6. The van der Waals surface area contributed by atoms with Crippen LogP contribution in [0.2, 0.25) is 10.0 Å². The fourth-order valence-corrected chi connectivity index (χ4v) is 6.48. The van der Waals surface area contributed by atoms with Gasteiger partial charge in [-0.15, -0.1) is 0 Å². The number of rotatable bonds is 5. The Balaban J connectivity index is 1.86. The lowest BCUT2D eigenvalue weighted by atomic mass is 10.1. The lowest BCUT2D eigenvalue weighted by Gasteiger charge is -2.40. The minimum absolute atomic E-state index is 0.0260. The van der Waals surface area contributed by atoms with Crippen molar-refractivity contribution in [1.82, 2.24) is 19.4 Å². The van der Waals surface area contributed by atoms with Crippen LogP contribution in [0.5, 0.6) is 0 Å². The van der Waals surface area contributed by atoms with Crippen LogP contribution < -0.4 is 10.6 Å². The Labute approximate surface area is 249 Å². The summed E-state index contributed by atoms with van der Waals surface area (Å²) in [6, 6.07) is 8.51. The third-order valence-corrected chi connectivity index (χ3v) is 8.71. The van der Waals surface area contributed by atoms with Gasteiger partial charge in [-0.1, -0.05) is 41.9 Å². The first-order valence-corrected chi connectivity index (χ1v) is 15.2. The van der Waals surface area contributed by atoms with Gasteiger partial charge in [-0.3, -0.25) is 4.79 Å². The quantitative estimate of drug-likeness (QED) is 0.294. The van der Waals surface area contributed by atoms with E-state index in [4.69, 9.17) is 23.2 Å². The fourth-order valence-electron chi connectivity index (χ4n) is 5.04. The van der Waals surface area contributed by atoms with E-state index in [1.807, 2.05) is 0 Å². The van der Waals surface area contributed by atoms with Crippen LogP contribution in [0.4, 0.5) is 14.6 Å². The Hall–Kier alpha value is -3.87. The molecule has 218 valence electrons. The van der Waals surface area contributed by atoms with Crippen molar-refractivity contribution >= 4 is 55.8 Å². The average molecular weight is 634 g/mol. The number of carbonyl (C=O) groups is 1. The molecular weight excluding hydrogens is 611 g/mol. The van der Waals surface area contributed by atoms with E-state index in [9.17, 15) is 22.4 Å². The standard InChI is InChI=1S/C28H23Cl2F2N5O4S/c1-4-22(38)35-11-12-36(15(2)14-35)26-16-13-20(32)24(23-17(29)7-5-9-19(23)31)33-27(16)37(28(39)34-26)25-18(30)8-6-10-21(25)42(3,40)41/h4-10,13,15H,1,11-12,14H2,2-3H3/t15-/m0/s1. The Kier molecular flexibility index (Phi) is 7.82. The van der Waals surface area contributed by atoms with Gasteiger partial charge >= 0.3 is 5.69 Å². The highest BCUT2D eigenvalue weighted by atomic mass is 35.5. The third kappa shape index (κ3) is 5.14. The molecule has 1 saturated heterocycles. The number of sulfone groups is 1. The van der Waals surface area contributed by atoms with Gasteiger partial charge in [0.25, 0.3) is 0 Å². The lowest BCUT2D eigenvalue weighted by molar-refractivity contribution is -0.126. The van der Waals surface area contributed by atoms with Gasteiger partial charge in [-0.25, -0.2) is 31.5 Å². The smallest absolute Gasteiger partial charge is 0.350 e. The van der Waals surface area contributed by atoms with Crippen molar-refractivity contribution in [3.8, 4) is 16.9 Å². The second kappa shape index (κ2) is 11.1. The molecule has 0 spiro atoms. The van der Waals surface area contributed by atoms with Gasteiger partial charge in [0.15, 0.2) is 21.3 Å². The van der Waals surface area contributed by atoms with Crippen molar-refractivity contribution in [3.05, 3.63) is 87.3 Å². The number of fused-ring (bicyclic) bond motifs is 1. The van der Waals surface area contributed by atoms with E-state index in [1.54, 1.807) is 16.7 Å². The van der Waals surface area contributed by atoms with Crippen molar-refractivity contribution in [2.45, 2.75) is 17.9 Å². The number of halogens is 4. The molecule has 4 aromatic rings. The molecule has 0 saturated carbocycles. The predicted molar refractivity (Wildman–Crippen MR) is 157 cm³/mol. The van der Waals surface area contributed by atoms with E-state index in [-0.39, 0.29) is 74.6 Å². The van der Waals surface area contributed by atoms with Crippen LogP contribution in [0.25, 0.3) is 28.0 Å². The summed E-state index contributed by atoms with van der Waals surface area (Å²) in [5.41, 5.74) is -2.27. The largest absolute Gasteiger partial charge is 0.355 e. The molecule has 1 aliphatic rings. The van der Waals surface area contributed by atoms with Crippen LogP contribution in [0.3, 0.4) is 0 Å². The monoisotopic (exact) mass is 633 g/mol. The minimum atomic E-state index is -3.94. The SMILES string of the molecule is C=CC(=O)N1CCN(c2nc(=O)n(-c3c(Cl)cccc3S(C)(=O)=O)c3nc(-c4c(F)cccc4Cl)c(F)cc23)[C@@H](C)C1. The molecule has 0 radical (unpaired) electrons. The van der Waals surface area contributed by atoms with E-state index >= 15 is 4.39 Å². The van der Waals surface area contributed by atoms with Crippen LogP contribution in [0, 0.1) is 11.6 Å². The van der Waals surface area contributed by atoms with Gasteiger partial charge < -0.3 is 9.80 Å². The molecule has 14 heteroatoms. The molecule has 3 heterocycles. The molecule has 9 nitrogen and oxygen atoms in total. The number of piperazine rings is 1. The Morgan fingerprint density at radius 3 is 2.40 bits per heavy atom. The topological polar surface area (TPSA) is 105 Å². The number of benzene rings is 2. The summed E-state index contributed by atoms with van der Waals surface area (Å²) in [5.74, 6) is -2.03. The summed E-state index contributed by atoms with van der Waals surface area (Å²) in [6.45, 7) is 6.08.